The Kier molecular flexibility index (Phi) is 1.96. The lowest BCUT2D eigenvalue weighted by Crippen LogP contribution is -1.85. The van der Waals surface area contributed by atoms with Crippen LogP contribution in [-0.2, 0) is 0 Å². The zero-order valence-corrected chi connectivity index (χ0v) is 7.49. The molecule has 0 aliphatic rings. The molecule has 0 unspecified atom stereocenters. The van der Waals surface area contributed by atoms with Gasteiger partial charge in [-0.2, -0.15) is 0 Å². The lowest BCUT2D eigenvalue weighted by Gasteiger charge is -1.97. The fraction of sp³-hybridized carbons (Fsp3) is 0. The number of hydrogen-bond acceptors (Lipinski definition) is 2. The van der Waals surface area contributed by atoms with Crippen LogP contribution in [0.5, 0.6) is 0 Å². The van der Waals surface area contributed by atoms with Crippen LogP contribution in [0.1, 0.15) is 5.56 Å². The summed E-state index contributed by atoms with van der Waals surface area (Å²) in [4.78, 5) is 6.86. The van der Waals surface area contributed by atoms with Gasteiger partial charge in [0, 0.05) is 11.1 Å². The summed E-state index contributed by atoms with van der Waals surface area (Å²) in [6.45, 7) is 0. The van der Waals surface area contributed by atoms with E-state index in [1.807, 2.05) is 24.3 Å². The Hall–Kier alpha value is -2.21. The van der Waals surface area contributed by atoms with Gasteiger partial charge in [-0.3, -0.25) is 0 Å². The number of nitrogens with one attached hydrogen (secondary N) is 1. The highest BCUT2D eigenvalue weighted by molar-refractivity contribution is 5.62. The number of hydrogen-bond donors (Lipinski definition) is 2. The molecule has 1 aromatic carbocycles. The average Bonchev–Trinajstić information content (AvgIpc) is 2.65. The van der Waals surface area contributed by atoms with Gasteiger partial charge >= 0.3 is 0 Å². The average molecular weight is 183 g/mol. The maximum absolute atomic E-state index is 5.48. The number of aromatic nitrogens is 2. The SMILES string of the molecule is C#Cc1cccc(-c2cnc(N)[nH]2)c1. The molecular formula is C11H9N3. The van der Waals surface area contributed by atoms with Gasteiger partial charge < -0.3 is 10.7 Å². The van der Waals surface area contributed by atoms with Gasteiger partial charge in [-0.05, 0) is 12.1 Å². The lowest BCUT2D eigenvalue weighted by molar-refractivity contribution is 1.33. The molecule has 0 spiro atoms. The fourth-order valence-electron chi connectivity index (χ4n) is 1.26. The molecule has 2 aromatic rings. The van der Waals surface area contributed by atoms with E-state index in [0.717, 1.165) is 16.8 Å². The van der Waals surface area contributed by atoms with Gasteiger partial charge in [0.2, 0.25) is 0 Å². The van der Waals surface area contributed by atoms with E-state index < -0.39 is 0 Å². The Bertz CT molecular complexity index is 491. The van der Waals surface area contributed by atoms with Crippen molar-refractivity contribution >= 4 is 5.95 Å². The summed E-state index contributed by atoms with van der Waals surface area (Å²) >= 11 is 0. The second kappa shape index (κ2) is 3.27. The first-order valence-electron chi connectivity index (χ1n) is 4.17. The normalized spacial score (nSPS) is 9.64. The van der Waals surface area contributed by atoms with Gasteiger partial charge in [0.1, 0.15) is 0 Å². The second-order valence-corrected chi connectivity index (χ2v) is 2.91. The predicted molar refractivity (Wildman–Crippen MR) is 56.4 cm³/mol. The summed E-state index contributed by atoms with van der Waals surface area (Å²) in [7, 11) is 0. The molecule has 0 aliphatic heterocycles. The Balaban J connectivity index is 2.47. The molecule has 1 aromatic heterocycles. The topological polar surface area (TPSA) is 54.7 Å². The Morgan fingerprint density at radius 2 is 2.29 bits per heavy atom. The Labute approximate surface area is 82.0 Å². The minimum Gasteiger partial charge on any atom is -0.369 e. The fourth-order valence-corrected chi connectivity index (χ4v) is 1.26. The molecule has 14 heavy (non-hydrogen) atoms. The van der Waals surface area contributed by atoms with E-state index in [2.05, 4.69) is 15.9 Å². The number of imidazole rings is 1. The Morgan fingerprint density at radius 3 is 2.93 bits per heavy atom. The van der Waals surface area contributed by atoms with E-state index in [0.29, 0.717) is 5.95 Å². The highest BCUT2D eigenvalue weighted by atomic mass is 15.0. The van der Waals surface area contributed by atoms with Crippen LogP contribution >= 0.6 is 0 Å². The van der Waals surface area contributed by atoms with Crippen LogP contribution in [-0.4, -0.2) is 9.97 Å². The van der Waals surface area contributed by atoms with Crippen LogP contribution in [0.2, 0.25) is 0 Å². The van der Waals surface area contributed by atoms with E-state index >= 15 is 0 Å². The van der Waals surface area contributed by atoms with Gasteiger partial charge in [-0.25, -0.2) is 4.98 Å². The predicted octanol–water partition coefficient (Wildman–Crippen LogP) is 1.64. The van der Waals surface area contributed by atoms with Crippen LogP contribution in [0.15, 0.2) is 30.5 Å². The van der Waals surface area contributed by atoms with Gasteiger partial charge in [0.15, 0.2) is 5.95 Å². The Morgan fingerprint density at radius 1 is 1.43 bits per heavy atom. The van der Waals surface area contributed by atoms with E-state index in [1.54, 1.807) is 6.20 Å². The van der Waals surface area contributed by atoms with E-state index in [4.69, 9.17) is 12.2 Å². The first-order valence-corrected chi connectivity index (χ1v) is 4.17. The van der Waals surface area contributed by atoms with Gasteiger partial charge in [0.25, 0.3) is 0 Å². The number of anilines is 1. The molecule has 0 bridgehead atoms. The zero-order valence-electron chi connectivity index (χ0n) is 7.49. The first-order chi connectivity index (χ1) is 6.79. The van der Waals surface area contributed by atoms with Crippen molar-refractivity contribution in [3.8, 4) is 23.6 Å². The van der Waals surface area contributed by atoms with Crippen molar-refractivity contribution in [2.24, 2.45) is 0 Å². The molecule has 0 saturated carbocycles. The number of nitrogens with two attached hydrogens (primary N) is 1. The van der Waals surface area contributed by atoms with Crippen molar-refractivity contribution in [2.75, 3.05) is 5.73 Å². The molecule has 0 atom stereocenters. The van der Waals surface area contributed by atoms with Gasteiger partial charge in [-0.15, -0.1) is 6.42 Å². The van der Waals surface area contributed by atoms with E-state index in [9.17, 15) is 0 Å². The number of benzene rings is 1. The smallest absolute Gasteiger partial charge is 0.197 e. The maximum atomic E-state index is 5.48. The van der Waals surface area contributed by atoms with Crippen molar-refractivity contribution in [3.63, 3.8) is 0 Å². The highest BCUT2D eigenvalue weighted by Crippen LogP contribution is 2.18. The van der Waals surface area contributed by atoms with Crippen molar-refractivity contribution in [1.82, 2.24) is 9.97 Å². The van der Waals surface area contributed by atoms with E-state index in [-0.39, 0.29) is 0 Å². The van der Waals surface area contributed by atoms with Crippen LogP contribution in [0.4, 0.5) is 5.95 Å². The quantitative estimate of drug-likeness (QED) is 0.660. The van der Waals surface area contributed by atoms with Crippen molar-refractivity contribution in [2.45, 2.75) is 0 Å². The van der Waals surface area contributed by atoms with E-state index in [1.165, 1.54) is 0 Å². The number of nitrogen functional groups attached to an aromatic ring is 1. The largest absolute Gasteiger partial charge is 0.369 e. The van der Waals surface area contributed by atoms with Crippen molar-refractivity contribution < 1.29 is 0 Å². The maximum Gasteiger partial charge on any atom is 0.197 e. The summed E-state index contributed by atoms with van der Waals surface area (Å²) in [5, 5.41) is 0. The molecule has 3 nitrogen and oxygen atoms in total. The third-order valence-electron chi connectivity index (χ3n) is 1.94. The number of H-pyrrole nitrogens is 1. The molecule has 3 N–H and O–H groups in total. The number of rotatable bonds is 1. The molecule has 2 rings (SSSR count). The highest BCUT2D eigenvalue weighted by Gasteiger charge is 2.00. The minimum atomic E-state index is 0.408. The number of aromatic amines is 1. The van der Waals surface area contributed by atoms with Crippen LogP contribution in [0, 0.1) is 12.3 Å². The third kappa shape index (κ3) is 1.46. The first kappa shape index (κ1) is 8.39. The van der Waals surface area contributed by atoms with Crippen molar-refractivity contribution in [1.29, 1.82) is 0 Å². The molecule has 1 heterocycles. The van der Waals surface area contributed by atoms with Crippen LogP contribution in [0.3, 0.4) is 0 Å². The summed E-state index contributed by atoms with van der Waals surface area (Å²) in [5.41, 5.74) is 8.19. The van der Waals surface area contributed by atoms with Crippen LogP contribution < -0.4 is 5.73 Å². The molecule has 0 saturated heterocycles. The summed E-state index contributed by atoms with van der Waals surface area (Å²) in [6, 6.07) is 7.64. The zero-order chi connectivity index (χ0) is 9.97. The summed E-state index contributed by atoms with van der Waals surface area (Å²) in [5.74, 6) is 2.99. The summed E-state index contributed by atoms with van der Waals surface area (Å²) in [6.07, 6.45) is 6.99. The number of terminal acetylenes is 1. The molecule has 0 amide bonds. The van der Waals surface area contributed by atoms with Gasteiger partial charge in [0.05, 0.1) is 11.9 Å². The van der Waals surface area contributed by atoms with Crippen molar-refractivity contribution in [3.05, 3.63) is 36.0 Å². The minimum absolute atomic E-state index is 0.408. The molecule has 3 heteroatoms. The molecule has 0 aliphatic carbocycles. The van der Waals surface area contributed by atoms with Crippen LogP contribution in [0.25, 0.3) is 11.3 Å². The standard InChI is InChI=1S/C11H9N3/c1-2-8-4-3-5-9(6-8)10-7-13-11(12)14-10/h1,3-7H,(H3,12,13,14). The van der Waals surface area contributed by atoms with Gasteiger partial charge in [-0.1, -0.05) is 18.1 Å². The molecular weight excluding hydrogens is 174 g/mol. The monoisotopic (exact) mass is 183 g/mol. The molecule has 0 fully saturated rings. The number of nitrogens with zero attached hydrogens (tertiary/aromatic N) is 1. The molecule has 68 valence electrons. The second-order valence-electron chi connectivity index (χ2n) is 2.91. The summed E-state index contributed by atoms with van der Waals surface area (Å²) < 4.78 is 0. The lowest BCUT2D eigenvalue weighted by atomic mass is 10.1. The molecule has 0 radical (unpaired) electrons. The third-order valence-corrected chi connectivity index (χ3v) is 1.94.